The van der Waals surface area contributed by atoms with Crippen LogP contribution in [0.4, 0.5) is 5.69 Å². The summed E-state index contributed by atoms with van der Waals surface area (Å²) >= 11 is 0. The number of rotatable bonds is 4. The number of para-hydroxylation sites is 3. The third-order valence-corrected chi connectivity index (χ3v) is 5.05. The monoisotopic (exact) mass is 362 g/mol. The maximum atomic E-state index is 12.5. The van der Waals surface area contributed by atoms with Crippen molar-refractivity contribution in [1.82, 2.24) is 14.9 Å². The summed E-state index contributed by atoms with van der Waals surface area (Å²) in [6, 6.07) is 15.7. The van der Waals surface area contributed by atoms with E-state index in [0.717, 1.165) is 41.0 Å². The predicted octanol–water partition coefficient (Wildman–Crippen LogP) is 2.56. The summed E-state index contributed by atoms with van der Waals surface area (Å²) in [5, 5.41) is 2.90. The number of fused-ring (bicyclic) bond motifs is 2. The maximum Gasteiger partial charge on any atom is 0.240 e. The van der Waals surface area contributed by atoms with E-state index in [9.17, 15) is 9.59 Å². The fourth-order valence-corrected chi connectivity index (χ4v) is 3.59. The third kappa shape index (κ3) is 3.43. The lowest BCUT2D eigenvalue weighted by molar-refractivity contribution is -0.124. The second kappa shape index (κ2) is 7.23. The molecule has 0 fully saturated rings. The molecule has 0 bridgehead atoms. The predicted molar refractivity (Wildman–Crippen MR) is 104 cm³/mol. The molecule has 1 aliphatic rings. The standard InChI is InChI=1S/C21H22N4O2/c1-24-18-11-5-3-9-16(18)23-19(24)13-22-20(26)14-25-17-10-4-2-7-15(17)8-6-12-21(25)27/h2-5,7,9-11H,6,8,12-14H2,1H3,(H,22,26). The number of hydrogen-bond donors (Lipinski definition) is 1. The first-order valence-electron chi connectivity index (χ1n) is 9.19. The highest BCUT2D eigenvalue weighted by Crippen LogP contribution is 2.26. The molecule has 0 saturated heterocycles. The molecule has 1 aromatic heterocycles. The van der Waals surface area contributed by atoms with E-state index in [1.54, 1.807) is 4.90 Å². The first-order chi connectivity index (χ1) is 13.1. The van der Waals surface area contributed by atoms with Gasteiger partial charge in [0.05, 0.1) is 17.6 Å². The second-order valence-electron chi connectivity index (χ2n) is 6.81. The van der Waals surface area contributed by atoms with Gasteiger partial charge in [-0.25, -0.2) is 4.98 Å². The van der Waals surface area contributed by atoms with Crippen LogP contribution in [0.25, 0.3) is 11.0 Å². The summed E-state index contributed by atoms with van der Waals surface area (Å²) in [4.78, 5) is 31.2. The van der Waals surface area contributed by atoms with Crippen molar-refractivity contribution in [3.05, 3.63) is 59.9 Å². The zero-order valence-corrected chi connectivity index (χ0v) is 15.3. The molecule has 0 radical (unpaired) electrons. The Bertz CT molecular complexity index is 1010. The number of benzene rings is 2. The highest BCUT2D eigenvalue weighted by Gasteiger charge is 2.24. The van der Waals surface area contributed by atoms with Crippen LogP contribution >= 0.6 is 0 Å². The van der Waals surface area contributed by atoms with Crippen LogP contribution in [0.3, 0.4) is 0 Å². The Morgan fingerprint density at radius 2 is 1.89 bits per heavy atom. The average molecular weight is 362 g/mol. The van der Waals surface area contributed by atoms with Crippen molar-refractivity contribution in [3.63, 3.8) is 0 Å². The lowest BCUT2D eigenvalue weighted by Crippen LogP contribution is -2.40. The Balaban J connectivity index is 1.47. The lowest BCUT2D eigenvalue weighted by atomic mass is 10.1. The highest BCUT2D eigenvalue weighted by molar-refractivity contribution is 5.99. The molecule has 0 saturated carbocycles. The van der Waals surface area contributed by atoms with Crippen LogP contribution in [0.5, 0.6) is 0 Å². The molecule has 27 heavy (non-hydrogen) atoms. The number of hydrogen-bond acceptors (Lipinski definition) is 3. The molecule has 2 heterocycles. The molecule has 138 valence electrons. The van der Waals surface area contributed by atoms with E-state index >= 15 is 0 Å². The molecule has 6 nitrogen and oxygen atoms in total. The molecule has 4 rings (SSSR count). The van der Waals surface area contributed by atoms with E-state index in [4.69, 9.17) is 0 Å². The Morgan fingerprint density at radius 3 is 2.74 bits per heavy atom. The Labute approximate surface area is 157 Å². The minimum Gasteiger partial charge on any atom is -0.347 e. The van der Waals surface area contributed by atoms with E-state index in [1.807, 2.05) is 60.1 Å². The third-order valence-electron chi connectivity index (χ3n) is 5.05. The van der Waals surface area contributed by atoms with Gasteiger partial charge < -0.3 is 14.8 Å². The Kier molecular flexibility index (Phi) is 4.62. The molecule has 0 unspecified atom stereocenters. The van der Waals surface area contributed by atoms with E-state index in [1.165, 1.54) is 0 Å². The van der Waals surface area contributed by atoms with Crippen LogP contribution in [0.15, 0.2) is 48.5 Å². The largest absolute Gasteiger partial charge is 0.347 e. The Hall–Kier alpha value is -3.15. The van der Waals surface area contributed by atoms with Crippen LogP contribution in [-0.4, -0.2) is 27.9 Å². The van der Waals surface area contributed by atoms with Gasteiger partial charge in [-0.3, -0.25) is 9.59 Å². The number of imidazole rings is 1. The fourth-order valence-electron chi connectivity index (χ4n) is 3.59. The molecule has 2 aromatic carbocycles. The number of amides is 2. The number of aromatic nitrogens is 2. The molecule has 0 aliphatic carbocycles. The quantitative estimate of drug-likeness (QED) is 0.776. The second-order valence-corrected chi connectivity index (χ2v) is 6.81. The first-order valence-corrected chi connectivity index (χ1v) is 9.19. The number of carbonyl (C=O) groups excluding carboxylic acids is 2. The van der Waals surface area contributed by atoms with Crippen LogP contribution in [0.1, 0.15) is 24.2 Å². The number of nitrogens with one attached hydrogen (secondary N) is 1. The summed E-state index contributed by atoms with van der Waals surface area (Å²) in [6.45, 7) is 0.355. The zero-order chi connectivity index (χ0) is 18.8. The Morgan fingerprint density at radius 1 is 1.11 bits per heavy atom. The molecule has 0 spiro atoms. The van der Waals surface area contributed by atoms with E-state index in [0.29, 0.717) is 13.0 Å². The normalized spacial score (nSPS) is 14.1. The van der Waals surface area contributed by atoms with E-state index in [2.05, 4.69) is 10.3 Å². The van der Waals surface area contributed by atoms with Gasteiger partial charge in [0.1, 0.15) is 12.4 Å². The summed E-state index contributed by atoms with van der Waals surface area (Å²) in [7, 11) is 1.94. The molecule has 1 aliphatic heterocycles. The molecule has 6 heteroatoms. The van der Waals surface area contributed by atoms with Crippen molar-refractivity contribution in [2.45, 2.75) is 25.8 Å². The fraction of sp³-hybridized carbons (Fsp3) is 0.286. The topological polar surface area (TPSA) is 67.2 Å². The number of nitrogens with zero attached hydrogens (tertiary/aromatic N) is 3. The molecular formula is C21H22N4O2. The van der Waals surface area contributed by atoms with E-state index in [-0.39, 0.29) is 18.4 Å². The van der Waals surface area contributed by atoms with Crippen molar-refractivity contribution in [2.75, 3.05) is 11.4 Å². The van der Waals surface area contributed by atoms with Crippen LogP contribution in [0, 0.1) is 0 Å². The number of carbonyl (C=O) groups is 2. The van der Waals surface area contributed by atoms with Crippen molar-refractivity contribution in [2.24, 2.45) is 7.05 Å². The van der Waals surface area contributed by atoms with Crippen molar-refractivity contribution in [3.8, 4) is 0 Å². The summed E-state index contributed by atoms with van der Waals surface area (Å²) < 4.78 is 1.97. The summed E-state index contributed by atoms with van der Waals surface area (Å²) in [5.74, 6) is 0.595. The SMILES string of the molecule is Cn1c(CNC(=O)CN2C(=O)CCCc3ccccc32)nc2ccccc21. The van der Waals surface area contributed by atoms with Gasteiger partial charge in [0, 0.05) is 19.2 Å². The zero-order valence-electron chi connectivity index (χ0n) is 15.3. The van der Waals surface area contributed by atoms with Crippen LogP contribution < -0.4 is 10.2 Å². The summed E-state index contributed by atoms with van der Waals surface area (Å²) in [6.07, 6.45) is 2.14. The van der Waals surface area contributed by atoms with Gasteiger partial charge >= 0.3 is 0 Å². The van der Waals surface area contributed by atoms with Gasteiger partial charge in [-0.2, -0.15) is 0 Å². The van der Waals surface area contributed by atoms with Crippen LogP contribution in [0.2, 0.25) is 0 Å². The van der Waals surface area contributed by atoms with Crippen molar-refractivity contribution >= 4 is 28.5 Å². The number of aryl methyl sites for hydroxylation is 2. The van der Waals surface area contributed by atoms with Crippen molar-refractivity contribution < 1.29 is 9.59 Å². The smallest absolute Gasteiger partial charge is 0.240 e. The number of anilines is 1. The lowest BCUT2D eigenvalue weighted by Gasteiger charge is -2.22. The molecule has 2 amide bonds. The highest BCUT2D eigenvalue weighted by atomic mass is 16.2. The molecule has 1 N–H and O–H groups in total. The van der Waals surface area contributed by atoms with Crippen molar-refractivity contribution in [1.29, 1.82) is 0 Å². The van der Waals surface area contributed by atoms with Gasteiger partial charge in [0.15, 0.2) is 0 Å². The average Bonchev–Trinajstić information content (AvgIpc) is 2.92. The molecule has 3 aromatic rings. The van der Waals surface area contributed by atoms with Gasteiger partial charge in [-0.05, 0) is 36.6 Å². The first kappa shape index (κ1) is 17.3. The van der Waals surface area contributed by atoms with Gasteiger partial charge in [-0.1, -0.05) is 30.3 Å². The molecular weight excluding hydrogens is 340 g/mol. The summed E-state index contributed by atoms with van der Waals surface area (Å²) in [5.41, 5.74) is 3.89. The maximum absolute atomic E-state index is 12.5. The minimum atomic E-state index is -0.188. The minimum absolute atomic E-state index is 0.00201. The van der Waals surface area contributed by atoms with Gasteiger partial charge in [-0.15, -0.1) is 0 Å². The van der Waals surface area contributed by atoms with Gasteiger partial charge in [0.25, 0.3) is 0 Å². The van der Waals surface area contributed by atoms with E-state index < -0.39 is 0 Å². The van der Waals surface area contributed by atoms with Crippen LogP contribution in [-0.2, 0) is 29.6 Å². The molecule has 0 atom stereocenters. The van der Waals surface area contributed by atoms with Gasteiger partial charge in [0.2, 0.25) is 11.8 Å².